The second-order valence-electron chi connectivity index (χ2n) is 5.36. The van der Waals surface area contributed by atoms with Gasteiger partial charge in [-0.1, -0.05) is 12.8 Å². The fourth-order valence-electron chi connectivity index (χ4n) is 3.06. The summed E-state index contributed by atoms with van der Waals surface area (Å²) in [7, 11) is 0. The molecule has 2 unspecified atom stereocenters. The van der Waals surface area contributed by atoms with E-state index in [4.69, 9.17) is 5.26 Å². The van der Waals surface area contributed by atoms with Gasteiger partial charge < -0.3 is 0 Å². The zero-order valence-corrected chi connectivity index (χ0v) is 11.1. The molecular formula is C14H13F3N4. The van der Waals surface area contributed by atoms with Crippen LogP contribution in [0.15, 0.2) is 18.3 Å². The Hall–Kier alpha value is -2.10. The zero-order chi connectivity index (χ0) is 15.0. The fraction of sp³-hybridized carbons (Fsp3) is 0.500. The van der Waals surface area contributed by atoms with Crippen molar-refractivity contribution in [2.24, 2.45) is 5.92 Å². The predicted octanol–water partition coefficient (Wildman–Crippen LogP) is 3.44. The molecular weight excluding hydrogens is 281 g/mol. The molecule has 0 amide bonds. The van der Waals surface area contributed by atoms with Crippen molar-refractivity contribution in [1.82, 2.24) is 14.6 Å². The van der Waals surface area contributed by atoms with Crippen molar-refractivity contribution < 1.29 is 13.2 Å². The third-order valence-corrected chi connectivity index (χ3v) is 4.08. The van der Waals surface area contributed by atoms with E-state index in [2.05, 4.69) is 10.2 Å². The van der Waals surface area contributed by atoms with Crippen molar-refractivity contribution in [3.05, 3.63) is 29.7 Å². The summed E-state index contributed by atoms with van der Waals surface area (Å²) in [6.07, 6.45) is -0.815. The van der Waals surface area contributed by atoms with Gasteiger partial charge >= 0.3 is 6.18 Å². The second-order valence-corrected chi connectivity index (χ2v) is 5.36. The molecule has 3 rings (SSSR count). The molecule has 1 fully saturated rings. The van der Waals surface area contributed by atoms with Gasteiger partial charge in [0.25, 0.3) is 0 Å². The molecule has 0 N–H and O–H groups in total. The molecule has 110 valence electrons. The third kappa shape index (κ3) is 2.46. The number of halogens is 3. The first-order chi connectivity index (χ1) is 10.0. The number of hydrogen-bond acceptors (Lipinski definition) is 3. The molecule has 0 bridgehead atoms. The van der Waals surface area contributed by atoms with Gasteiger partial charge in [-0.05, 0) is 25.0 Å². The van der Waals surface area contributed by atoms with Crippen molar-refractivity contribution >= 4 is 5.65 Å². The summed E-state index contributed by atoms with van der Waals surface area (Å²) in [5.74, 6) is -1.77. The van der Waals surface area contributed by atoms with Crippen LogP contribution in [0.25, 0.3) is 5.65 Å². The SMILES string of the molecule is N#Cc1ccc2nnc(C3CCCCC3C(F)(F)F)n2c1. The molecule has 2 atom stereocenters. The Bertz CT molecular complexity index is 698. The summed E-state index contributed by atoms with van der Waals surface area (Å²) in [4.78, 5) is 0. The van der Waals surface area contributed by atoms with E-state index in [-0.39, 0.29) is 6.42 Å². The minimum absolute atomic E-state index is 0.126. The second kappa shape index (κ2) is 5.02. The highest BCUT2D eigenvalue weighted by Gasteiger charge is 2.47. The van der Waals surface area contributed by atoms with Crippen molar-refractivity contribution in [3.63, 3.8) is 0 Å². The Kier molecular flexibility index (Phi) is 3.32. The molecule has 4 nitrogen and oxygen atoms in total. The van der Waals surface area contributed by atoms with Crippen molar-refractivity contribution in [3.8, 4) is 6.07 Å². The van der Waals surface area contributed by atoms with Gasteiger partial charge in [-0.2, -0.15) is 18.4 Å². The average Bonchev–Trinajstić information content (AvgIpc) is 2.89. The quantitative estimate of drug-likeness (QED) is 0.809. The normalized spacial score (nSPS) is 23.1. The summed E-state index contributed by atoms with van der Waals surface area (Å²) in [6.45, 7) is 0. The number of hydrogen-bond donors (Lipinski definition) is 0. The topological polar surface area (TPSA) is 54.0 Å². The largest absolute Gasteiger partial charge is 0.392 e. The number of aromatic nitrogens is 3. The van der Waals surface area contributed by atoms with E-state index in [1.165, 1.54) is 10.6 Å². The lowest BCUT2D eigenvalue weighted by molar-refractivity contribution is -0.187. The third-order valence-electron chi connectivity index (χ3n) is 4.08. The van der Waals surface area contributed by atoms with Crippen LogP contribution in [0.1, 0.15) is 43.0 Å². The van der Waals surface area contributed by atoms with Crippen LogP contribution in [0, 0.1) is 17.2 Å². The van der Waals surface area contributed by atoms with Crippen LogP contribution >= 0.6 is 0 Å². The van der Waals surface area contributed by atoms with Gasteiger partial charge in [-0.25, -0.2) is 0 Å². The van der Waals surface area contributed by atoms with Crippen LogP contribution in [0.4, 0.5) is 13.2 Å². The highest BCUT2D eigenvalue weighted by Crippen LogP contribution is 2.45. The molecule has 1 aliphatic rings. The summed E-state index contributed by atoms with van der Waals surface area (Å²) < 4.78 is 41.2. The minimum atomic E-state index is -4.23. The van der Waals surface area contributed by atoms with Gasteiger partial charge in [0, 0.05) is 12.1 Å². The first-order valence-corrected chi connectivity index (χ1v) is 6.82. The molecule has 0 saturated heterocycles. The molecule has 1 aliphatic carbocycles. The Labute approximate surface area is 119 Å². The Balaban J connectivity index is 2.07. The minimum Gasteiger partial charge on any atom is -0.285 e. The molecule has 2 aromatic rings. The van der Waals surface area contributed by atoms with Gasteiger partial charge in [0.2, 0.25) is 0 Å². The number of nitriles is 1. The first-order valence-electron chi connectivity index (χ1n) is 6.82. The van der Waals surface area contributed by atoms with Gasteiger partial charge in [0.05, 0.1) is 11.5 Å². The monoisotopic (exact) mass is 294 g/mol. The van der Waals surface area contributed by atoms with Crippen LogP contribution in [0.5, 0.6) is 0 Å². The molecule has 2 aromatic heterocycles. The lowest BCUT2D eigenvalue weighted by Gasteiger charge is -2.31. The van der Waals surface area contributed by atoms with Crippen LogP contribution in [-0.2, 0) is 0 Å². The number of alkyl halides is 3. The van der Waals surface area contributed by atoms with E-state index in [1.54, 1.807) is 12.1 Å². The molecule has 0 aromatic carbocycles. The van der Waals surface area contributed by atoms with Crippen molar-refractivity contribution in [2.75, 3.05) is 0 Å². The Morgan fingerprint density at radius 3 is 2.67 bits per heavy atom. The van der Waals surface area contributed by atoms with E-state index >= 15 is 0 Å². The first kappa shape index (κ1) is 13.9. The van der Waals surface area contributed by atoms with E-state index in [0.29, 0.717) is 29.9 Å². The Morgan fingerprint density at radius 1 is 1.19 bits per heavy atom. The highest BCUT2D eigenvalue weighted by atomic mass is 19.4. The maximum atomic E-state index is 13.2. The van der Waals surface area contributed by atoms with Gasteiger partial charge in [0.15, 0.2) is 5.65 Å². The molecule has 0 aliphatic heterocycles. The van der Waals surface area contributed by atoms with Crippen LogP contribution in [0.3, 0.4) is 0 Å². The number of pyridine rings is 1. The average molecular weight is 294 g/mol. The van der Waals surface area contributed by atoms with E-state index in [0.717, 1.165) is 6.42 Å². The lowest BCUT2D eigenvalue weighted by atomic mass is 9.78. The summed E-state index contributed by atoms with van der Waals surface area (Å²) in [6, 6.07) is 5.16. The smallest absolute Gasteiger partial charge is 0.285 e. The summed E-state index contributed by atoms with van der Waals surface area (Å²) in [5, 5.41) is 16.8. The van der Waals surface area contributed by atoms with E-state index in [9.17, 15) is 13.2 Å². The van der Waals surface area contributed by atoms with Crippen LogP contribution in [-0.4, -0.2) is 20.8 Å². The van der Waals surface area contributed by atoms with Crippen LogP contribution in [0.2, 0.25) is 0 Å². The lowest BCUT2D eigenvalue weighted by Crippen LogP contribution is -2.32. The molecule has 7 heteroatoms. The Morgan fingerprint density at radius 2 is 1.95 bits per heavy atom. The maximum absolute atomic E-state index is 13.2. The van der Waals surface area contributed by atoms with Gasteiger partial charge in [0.1, 0.15) is 11.9 Å². The van der Waals surface area contributed by atoms with E-state index < -0.39 is 18.0 Å². The van der Waals surface area contributed by atoms with Crippen molar-refractivity contribution in [1.29, 1.82) is 5.26 Å². The highest BCUT2D eigenvalue weighted by molar-refractivity contribution is 5.43. The number of rotatable bonds is 1. The summed E-state index contributed by atoms with van der Waals surface area (Å²) in [5.41, 5.74) is 0.846. The number of nitrogens with zero attached hydrogens (tertiary/aromatic N) is 4. The van der Waals surface area contributed by atoms with Crippen molar-refractivity contribution in [2.45, 2.75) is 37.8 Å². The molecule has 0 radical (unpaired) electrons. The standard InChI is InChI=1S/C14H13F3N4/c15-14(16,17)11-4-2-1-3-10(11)13-20-19-12-6-5-9(7-18)8-21(12)13/h5-6,8,10-11H,1-4H2. The van der Waals surface area contributed by atoms with Crippen LogP contribution < -0.4 is 0 Å². The molecule has 1 saturated carbocycles. The number of fused-ring (bicyclic) bond motifs is 1. The van der Waals surface area contributed by atoms with Gasteiger partial charge in [-0.15, -0.1) is 10.2 Å². The van der Waals surface area contributed by atoms with E-state index in [1.807, 2.05) is 6.07 Å². The fourth-order valence-corrected chi connectivity index (χ4v) is 3.06. The maximum Gasteiger partial charge on any atom is 0.392 e. The zero-order valence-electron chi connectivity index (χ0n) is 11.1. The molecule has 21 heavy (non-hydrogen) atoms. The predicted molar refractivity (Wildman–Crippen MR) is 68.5 cm³/mol. The molecule has 2 heterocycles. The summed E-state index contributed by atoms with van der Waals surface area (Å²) >= 11 is 0. The van der Waals surface area contributed by atoms with Gasteiger partial charge in [-0.3, -0.25) is 4.40 Å². The molecule has 0 spiro atoms.